The lowest BCUT2D eigenvalue weighted by atomic mass is 9.86. The first-order chi connectivity index (χ1) is 11.1. The number of halogens is 1. The van der Waals surface area contributed by atoms with E-state index in [1.807, 2.05) is 12.1 Å². The van der Waals surface area contributed by atoms with Crippen LogP contribution < -0.4 is 5.32 Å². The molecule has 4 nitrogen and oxygen atoms in total. The minimum atomic E-state index is -0.316. The van der Waals surface area contributed by atoms with Gasteiger partial charge in [-0.05, 0) is 37.0 Å². The molecule has 0 saturated heterocycles. The molecule has 1 amide bonds. The maximum atomic E-state index is 11.7. The summed E-state index contributed by atoms with van der Waals surface area (Å²) in [6, 6.07) is 7.29. The molecule has 0 spiro atoms. The maximum Gasteiger partial charge on any atom is 0.306 e. The molecule has 1 aliphatic rings. The highest BCUT2D eigenvalue weighted by Gasteiger charge is 2.14. The predicted molar refractivity (Wildman–Crippen MR) is 94.2 cm³/mol. The summed E-state index contributed by atoms with van der Waals surface area (Å²) in [5, 5.41) is 2.70. The Morgan fingerprint density at radius 2 is 2.00 bits per heavy atom. The predicted octanol–water partition coefficient (Wildman–Crippen LogP) is 4.68. The van der Waals surface area contributed by atoms with Crippen LogP contribution in [0.5, 0.6) is 0 Å². The number of esters is 1. The molecule has 126 valence electrons. The van der Waals surface area contributed by atoms with Crippen molar-refractivity contribution in [2.75, 3.05) is 11.9 Å². The van der Waals surface area contributed by atoms with Gasteiger partial charge in [0.1, 0.15) is 0 Å². The van der Waals surface area contributed by atoms with Crippen molar-refractivity contribution in [2.45, 2.75) is 51.4 Å². The first kappa shape index (κ1) is 18.0. The Bertz CT molecular complexity index is 527. The first-order valence-corrected chi connectivity index (χ1v) is 9.14. The van der Waals surface area contributed by atoms with Gasteiger partial charge in [-0.2, -0.15) is 0 Å². The third-order valence-corrected chi connectivity index (χ3v) is 4.68. The van der Waals surface area contributed by atoms with E-state index >= 15 is 0 Å². The average Bonchev–Trinajstić information content (AvgIpc) is 2.54. The molecular formula is C18H24BrNO3. The number of anilines is 1. The second kappa shape index (κ2) is 9.71. The van der Waals surface area contributed by atoms with Crippen molar-refractivity contribution in [3.8, 4) is 0 Å². The molecule has 23 heavy (non-hydrogen) atoms. The van der Waals surface area contributed by atoms with E-state index in [0.29, 0.717) is 12.1 Å². The van der Waals surface area contributed by atoms with Gasteiger partial charge in [0.15, 0.2) is 6.61 Å². The highest BCUT2D eigenvalue weighted by atomic mass is 79.9. The van der Waals surface area contributed by atoms with Gasteiger partial charge in [0.2, 0.25) is 0 Å². The lowest BCUT2D eigenvalue weighted by Gasteiger charge is -2.20. The summed E-state index contributed by atoms with van der Waals surface area (Å²) in [5.41, 5.74) is 0.678. The molecule has 1 N–H and O–H groups in total. The van der Waals surface area contributed by atoms with Crippen molar-refractivity contribution < 1.29 is 14.3 Å². The Morgan fingerprint density at radius 3 is 2.74 bits per heavy atom. The van der Waals surface area contributed by atoms with Crippen LogP contribution in [0.25, 0.3) is 0 Å². The molecule has 1 aromatic rings. The van der Waals surface area contributed by atoms with Crippen LogP contribution in [0.4, 0.5) is 5.69 Å². The van der Waals surface area contributed by atoms with Crippen molar-refractivity contribution >= 4 is 33.5 Å². The van der Waals surface area contributed by atoms with Crippen LogP contribution in [0.2, 0.25) is 0 Å². The minimum Gasteiger partial charge on any atom is -0.456 e. The van der Waals surface area contributed by atoms with Crippen LogP contribution in [-0.4, -0.2) is 18.5 Å². The van der Waals surface area contributed by atoms with Gasteiger partial charge in [-0.1, -0.05) is 54.1 Å². The number of ether oxygens (including phenoxy) is 1. The molecule has 0 heterocycles. The topological polar surface area (TPSA) is 55.4 Å². The van der Waals surface area contributed by atoms with Gasteiger partial charge in [0.25, 0.3) is 5.91 Å². The summed E-state index contributed by atoms with van der Waals surface area (Å²) in [5.74, 6) is 0.172. The van der Waals surface area contributed by atoms with Gasteiger partial charge in [-0.15, -0.1) is 0 Å². The molecule has 5 heteroatoms. The maximum absolute atomic E-state index is 11.7. The molecule has 2 rings (SSSR count). The number of carbonyl (C=O) groups excluding carboxylic acids is 2. The summed E-state index contributed by atoms with van der Waals surface area (Å²) in [7, 11) is 0. The van der Waals surface area contributed by atoms with E-state index in [0.717, 1.165) is 23.2 Å². The Hall–Kier alpha value is -1.36. The van der Waals surface area contributed by atoms with Crippen molar-refractivity contribution in [2.24, 2.45) is 5.92 Å². The molecule has 0 aliphatic heterocycles. The van der Waals surface area contributed by atoms with Crippen LogP contribution in [0.3, 0.4) is 0 Å². The number of hydrogen-bond acceptors (Lipinski definition) is 3. The summed E-state index contributed by atoms with van der Waals surface area (Å²) < 4.78 is 5.92. The smallest absolute Gasteiger partial charge is 0.306 e. The molecular weight excluding hydrogens is 358 g/mol. The van der Waals surface area contributed by atoms with Gasteiger partial charge in [-0.3, -0.25) is 9.59 Å². The Labute approximate surface area is 146 Å². The summed E-state index contributed by atoms with van der Waals surface area (Å²) in [6.07, 6.45) is 8.95. The second-order valence-electron chi connectivity index (χ2n) is 6.12. The molecule has 1 aromatic carbocycles. The van der Waals surface area contributed by atoms with Gasteiger partial charge in [-0.25, -0.2) is 0 Å². The molecule has 0 aromatic heterocycles. The van der Waals surface area contributed by atoms with Crippen LogP contribution in [0.1, 0.15) is 51.4 Å². The molecule has 0 unspecified atom stereocenters. The third-order valence-electron chi connectivity index (χ3n) is 4.19. The number of carbonyl (C=O) groups is 2. The number of benzene rings is 1. The molecule has 1 aliphatic carbocycles. The zero-order valence-corrected chi connectivity index (χ0v) is 14.9. The fourth-order valence-electron chi connectivity index (χ4n) is 2.99. The van der Waals surface area contributed by atoms with Crippen LogP contribution in [0.15, 0.2) is 28.7 Å². The van der Waals surface area contributed by atoms with Gasteiger partial charge in [0, 0.05) is 16.6 Å². The van der Waals surface area contributed by atoms with Crippen LogP contribution in [-0.2, 0) is 14.3 Å². The minimum absolute atomic E-state index is 0.227. The zero-order valence-electron chi connectivity index (χ0n) is 13.4. The van der Waals surface area contributed by atoms with Crippen molar-refractivity contribution in [1.29, 1.82) is 0 Å². The van der Waals surface area contributed by atoms with Gasteiger partial charge in [0.05, 0.1) is 0 Å². The SMILES string of the molecule is O=C(COC(=O)CCCC1CCCCC1)Nc1cccc(Br)c1. The zero-order chi connectivity index (χ0) is 16.5. The van der Waals surface area contributed by atoms with Gasteiger partial charge < -0.3 is 10.1 Å². The van der Waals surface area contributed by atoms with Crippen molar-refractivity contribution in [3.63, 3.8) is 0 Å². The summed E-state index contributed by atoms with van der Waals surface area (Å²) >= 11 is 3.34. The molecule has 0 radical (unpaired) electrons. The fraction of sp³-hybridized carbons (Fsp3) is 0.556. The number of nitrogens with one attached hydrogen (secondary N) is 1. The third kappa shape index (κ3) is 7.16. The van der Waals surface area contributed by atoms with E-state index in [2.05, 4.69) is 21.2 Å². The molecule has 0 bridgehead atoms. The lowest BCUT2D eigenvalue weighted by Crippen LogP contribution is -2.20. The summed E-state index contributed by atoms with van der Waals surface area (Å²) in [6.45, 7) is -0.227. The molecule has 1 fully saturated rings. The first-order valence-electron chi connectivity index (χ1n) is 8.34. The van der Waals surface area contributed by atoms with Crippen LogP contribution in [0, 0.1) is 5.92 Å². The largest absolute Gasteiger partial charge is 0.456 e. The van der Waals surface area contributed by atoms with E-state index in [1.54, 1.807) is 12.1 Å². The van der Waals surface area contributed by atoms with Crippen molar-refractivity contribution in [1.82, 2.24) is 0 Å². The van der Waals surface area contributed by atoms with Gasteiger partial charge >= 0.3 is 5.97 Å². The lowest BCUT2D eigenvalue weighted by molar-refractivity contribution is -0.147. The number of hydrogen-bond donors (Lipinski definition) is 1. The highest BCUT2D eigenvalue weighted by molar-refractivity contribution is 9.10. The van der Waals surface area contributed by atoms with Crippen LogP contribution >= 0.6 is 15.9 Å². The van der Waals surface area contributed by atoms with Crippen molar-refractivity contribution in [3.05, 3.63) is 28.7 Å². The molecule has 0 atom stereocenters. The highest BCUT2D eigenvalue weighted by Crippen LogP contribution is 2.27. The number of amides is 1. The normalized spacial score (nSPS) is 15.2. The second-order valence-corrected chi connectivity index (χ2v) is 7.03. The Morgan fingerprint density at radius 1 is 1.22 bits per heavy atom. The van der Waals surface area contributed by atoms with E-state index in [-0.39, 0.29) is 18.5 Å². The summed E-state index contributed by atoms with van der Waals surface area (Å²) in [4.78, 5) is 23.4. The van der Waals surface area contributed by atoms with E-state index in [9.17, 15) is 9.59 Å². The molecule has 1 saturated carbocycles. The van der Waals surface area contributed by atoms with E-state index in [1.165, 1.54) is 32.1 Å². The fourth-order valence-corrected chi connectivity index (χ4v) is 3.39. The quantitative estimate of drug-likeness (QED) is 0.697. The number of rotatable bonds is 7. The Balaban J connectivity index is 1.59. The van der Waals surface area contributed by atoms with E-state index in [4.69, 9.17) is 4.74 Å². The average molecular weight is 382 g/mol. The monoisotopic (exact) mass is 381 g/mol. The Kier molecular flexibility index (Phi) is 7.59. The standard InChI is InChI=1S/C18H24BrNO3/c19-15-9-5-10-16(12-15)20-17(21)13-23-18(22)11-4-8-14-6-2-1-3-7-14/h5,9-10,12,14H,1-4,6-8,11,13H2,(H,20,21). The van der Waals surface area contributed by atoms with E-state index < -0.39 is 0 Å².